The molecule has 0 unspecified atom stereocenters. The molecule has 0 bridgehead atoms. The van der Waals surface area contributed by atoms with E-state index in [4.69, 9.17) is 10.2 Å². The van der Waals surface area contributed by atoms with Crippen LogP contribution >= 0.6 is 0 Å². The van der Waals surface area contributed by atoms with E-state index in [1.54, 1.807) is 24.3 Å². The van der Waals surface area contributed by atoms with Crippen LogP contribution in [0.1, 0.15) is 37.0 Å². The molecular weight excluding hydrogens is 268 g/mol. The summed E-state index contributed by atoms with van der Waals surface area (Å²) in [7, 11) is 0. The number of nitrogens with two attached hydrogens (primary N) is 1. The fourth-order valence-corrected chi connectivity index (χ4v) is 2.29. The van der Waals surface area contributed by atoms with Gasteiger partial charge in [0.05, 0.1) is 5.54 Å². The number of nitrogens with one attached hydrogen (secondary N) is 1. The number of benzene rings is 1. The smallest absolute Gasteiger partial charge is 0.349 e. The maximum absolute atomic E-state index is 12.4. The van der Waals surface area contributed by atoms with Gasteiger partial charge in [-0.15, -0.1) is 0 Å². The molecular formula is C16H20N2O3. The lowest BCUT2D eigenvalue weighted by Crippen LogP contribution is -2.53. The van der Waals surface area contributed by atoms with E-state index in [1.807, 2.05) is 19.9 Å². The summed E-state index contributed by atoms with van der Waals surface area (Å²) >= 11 is 0. The molecule has 0 aliphatic heterocycles. The van der Waals surface area contributed by atoms with E-state index in [0.29, 0.717) is 30.4 Å². The average molecular weight is 288 g/mol. The Balaban J connectivity index is 2.39. The molecule has 1 aromatic carbocycles. The molecule has 0 fully saturated rings. The SMILES string of the molecule is CCC(CC)(CN)NC(=O)c1cc2ccccc2oc1=O. The molecule has 1 aromatic heterocycles. The third-order valence-corrected chi connectivity index (χ3v) is 4.01. The first-order valence-electron chi connectivity index (χ1n) is 7.10. The summed E-state index contributed by atoms with van der Waals surface area (Å²) in [6.45, 7) is 4.24. The van der Waals surface area contributed by atoms with Crippen molar-refractivity contribution in [3.05, 3.63) is 46.3 Å². The topological polar surface area (TPSA) is 85.3 Å². The third kappa shape index (κ3) is 2.97. The number of para-hydroxylation sites is 1. The summed E-state index contributed by atoms with van der Waals surface area (Å²) in [5.74, 6) is -0.441. The summed E-state index contributed by atoms with van der Waals surface area (Å²) in [5.41, 5.74) is 5.12. The summed E-state index contributed by atoms with van der Waals surface area (Å²) in [6, 6.07) is 8.65. The van der Waals surface area contributed by atoms with Gasteiger partial charge in [-0.05, 0) is 25.0 Å². The van der Waals surface area contributed by atoms with E-state index in [-0.39, 0.29) is 5.56 Å². The van der Waals surface area contributed by atoms with Gasteiger partial charge >= 0.3 is 5.63 Å². The highest BCUT2D eigenvalue weighted by atomic mass is 16.4. The molecule has 1 amide bonds. The van der Waals surface area contributed by atoms with Gasteiger partial charge in [0.2, 0.25) is 0 Å². The minimum Gasteiger partial charge on any atom is -0.422 e. The monoisotopic (exact) mass is 288 g/mol. The minimum atomic E-state index is -0.635. The molecule has 1 heterocycles. The molecule has 2 aromatic rings. The standard InChI is InChI=1S/C16H20N2O3/c1-3-16(4-2,10-17)18-14(19)12-9-11-7-5-6-8-13(11)21-15(12)20/h5-9H,3-4,10,17H2,1-2H3,(H,18,19). The van der Waals surface area contributed by atoms with Gasteiger partial charge in [-0.25, -0.2) is 4.79 Å². The Labute approximate surface area is 123 Å². The normalized spacial score (nSPS) is 11.6. The Morgan fingerprint density at radius 3 is 2.57 bits per heavy atom. The third-order valence-electron chi connectivity index (χ3n) is 4.01. The number of hydrogen-bond donors (Lipinski definition) is 2. The van der Waals surface area contributed by atoms with Crippen molar-refractivity contribution < 1.29 is 9.21 Å². The Morgan fingerprint density at radius 1 is 1.29 bits per heavy atom. The second-order valence-electron chi connectivity index (χ2n) is 5.13. The van der Waals surface area contributed by atoms with Crippen LogP contribution < -0.4 is 16.7 Å². The van der Waals surface area contributed by atoms with Gasteiger partial charge in [0, 0.05) is 11.9 Å². The van der Waals surface area contributed by atoms with Crippen LogP contribution in [0.25, 0.3) is 11.0 Å². The number of rotatable bonds is 5. The minimum absolute atomic E-state index is 0.00780. The highest BCUT2D eigenvalue weighted by molar-refractivity contribution is 5.97. The van der Waals surface area contributed by atoms with E-state index in [9.17, 15) is 9.59 Å². The predicted octanol–water partition coefficient (Wildman–Crippen LogP) is 2.04. The van der Waals surface area contributed by atoms with Gasteiger partial charge in [0.25, 0.3) is 5.91 Å². The Hall–Kier alpha value is -2.14. The summed E-state index contributed by atoms with van der Waals surface area (Å²) in [6.07, 6.45) is 1.40. The number of carbonyl (C=O) groups excluding carboxylic acids is 1. The van der Waals surface area contributed by atoms with E-state index in [0.717, 1.165) is 0 Å². The van der Waals surface area contributed by atoms with Crippen LogP contribution in [0.5, 0.6) is 0 Å². The summed E-state index contributed by atoms with van der Waals surface area (Å²) < 4.78 is 5.18. The van der Waals surface area contributed by atoms with E-state index >= 15 is 0 Å². The number of amides is 1. The molecule has 0 aliphatic rings. The van der Waals surface area contributed by atoms with Crippen LogP contribution in [0.4, 0.5) is 0 Å². The van der Waals surface area contributed by atoms with E-state index in [1.165, 1.54) is 0 Å². The van der Waals surface area contributed by atoms with Crippen molar-refractivity contribution in [3.8, 4) is 0 Å². The van der Waals surface area contributed by atoms with Crippen molar-refractivity contribution in [2.45, 2.75) is 32.2 Å². The molecule has 0 atom stereocenters. The second-order valence-corrected chi connectivity index (χ2v) is 5.13. The van der Waals surface area contributed by atoms with Gasteiger partial charge in [-0.3, -0.25) is 4.79 Å². The Kier molecular flexibility index (Phi) is 4.43. The summed E-state index contributed by atoms with van der Waals surface area (Å²) in [4.78, 5) is 24.3. The van der Waals surface area contributed by atoms with Gasteiger partial charge in [0.15, 0.2) is 0 Å². The largest absolute Gasteiger partial charge is 0.422 e. The highest BCUT2D eigenvalue weighted by Crippen LogP contribution is 2.16. The lowest BCUT2D eigenvalue weighted by molar-refractivity contribution is 0.0891. The second kappa shape index (κ2) is 6.10. The zero-order valence-corrected chi connectivity index (χ0v) is 12.3. The van der Waals surface area contributed by atoms with Crippen LogP contribution in [-0.2, 0) is 0 Å². The zero-order valence-electron chi connectivity index (χ0n) is 12.3. The van der Waals surface area contributed by atoms with Crippen molar-refractivity contribution in [2.24, 2.45) is 5.73 Å². The first-order chi connectivity index (χ1) is 10.0. The van der Waals surface area contributed by atoms with Crippen LogP contribution in [0.15, 0.2) is 39.5 Å². The van der Waals surface area contributed by atoms with Crippen molar-refractivity contribution in [1.29, 1.82) is 0 Å². The highest BCUT2D eigenvalue weighted by Gasteiger charge is 2.28. The molecule has 5 heteroatoms. The van der Waals surface area contributed by atoms with Crippen molar-refractivity contribution >= 4 is 16.9 Å². The number of fused-ring (bicyclic) bond motifs is 1. The number of carbonyl (C=O) groups is 1. The molecule has 3 N–H and O–H groups in total. The van der Waals surface area contributed by atoms with Crippen LogP contribution in [0.3, 0.4) is 0 Å². The Bertz CT molecular complexity index is 694. The van der Waals surface area contributed by atoms with Crippen molar-refractivity contribution in [2.75, 3.05) is 6.54 Å². The predicted molar refractivity (Wildman–Crippen MR) is 82.3 cm³/mol. The van der Waals surface area contributed by atoms with Crippen LogP contribution in [-0.4, -0.2) is 18.0 Å². The molecule has 0 saturated heterocycles. The molecule has 112 valence electrons. The molecule has 2 rings (SSSR count). The fourth-order valence-electron chi connectivity index (χ4n) is 2.29. The van der Waals surface area contributed by atoms with Crippen molar-refractivity contribution in [3.63, 3.8) is 0 Å². The molecule has 0 radical (unpaired) electrons. The van der Waals surface area contributed by atoms with Crippen LogP contribution in [0.2, 0.25) is 0 Å². The fraction of sp³-hybridized carbons (Fsp3) is 0.375. The molecule has 0 aliphatic carbocycles. The van der Waals surface area contributed by atoms with Crippen LogP contribution in [0, 0.1) is 0 Å². The van der Waals surface area contributed by atoms with Gasteiger partial charge < -0.3 is 15.5 Å². The summed E-state index contributed by atoms with van der Waals surface area (Å²) in [5, 5.41) is 3.59. The maximum atomic E-state index is 12.4. The Morgan fingerprint density at radius 2 is 1.95 bits per heavy atom. The van der Waals surface area contributed by atoms with Crippen molar-refractivity contribution in [1.82, 2.24) is 5.32 Å². The first-order valence-corrected chi connectivity index (χ1v) is 7.10. The molecule has 5 nitrogen and oxygen atoms in total. The average Bonchev–Trinajstić information content (AvgIpc) is 2.52. The lowest BCUT2D eigenvalue weighted by Gasteiger charge is -2.31. The zero-order chi connectivity index (χ0) is 15.5. The van der Waals surface area contributed by atoms with E-state index in [2.05, 4.69) is 5.32 Å². The van der Waals surface area contributed by atoms with Gasteiger partial charge in [-0.1, -0.05) is 32.0 Å². The lowest BCUT2D eigenvalue weighted by atomic mass is 9.92. The molecule has 0 saturated carbocycles. The molecule has 0 spiro atoms. The van der Waals surface area contributed by atoms with E-state index < -0.39 is 17.1 Å². The quantitative estimate of drug-likeness (QED) is 0.824. The number of hydrogen-bond acceptors (Lipinski definition) is 4. The molecule has 21 heavy (non-hydrogen) atoms. The van der Waals surface area contributed by atoms with Gasteiger partial charge in [0.1, 0.15) is 11.1 Å². The maximum Gasteiger partial charge on any atom is 0.349 e. The van der Waals surface area contributed by atoms with Gasteiger partial charge in [-0.2, -0.15) is 0 Å². The first kappa shape index (κ1) is 15.3.